The van der Waals surface area contributed by atoms with Gasteiger partial charge in [-0.3, -0.25) is 0 Å². The molecule has 0 fully saturated rings. The van der Waals surface area contributed by atoms with Crippen molar-refractivity contribution in [1.82, 2.24) is 15.6 Å². The molecule has 0 amide bonds. The number of carbonyl (C=O) groups is 1. The Balaban J connectivity index is 1.56. The van der Waals surface area contributed by atoms with Crippen LogP contribution in [-0.4, -0.2) is 38.0 Å². The molecule has 34 heavy (non-hydrogen) atoms. The lowest BCUT2D eigenvalue weighted by Gasteiger charge is -2.17. The number of aryl methyl sites for hydroxylation is 1. The molecule has 1 aliphatic rings. The minimum atomic E-state index is 0.240. The molecule has 2 aromatic carbocycles. The average Bonchev–Trinajstić information content (AvgIpc) is 3.36. The Kier molecular flexibility index (Phi) is 8.33. The number of methoxy groups -OCH3 is 1. The normalized spacial score (nSPS) is 13.5. The van der Waals surface area contributed by atoms with Gasteiger partial charge >= 0.3 is 0 Å². The van der Waals surface area contributed by atoms with Crippen LogP contribution in [-0.2, 0) is 24.2 Å². The molecule has 0 saturated heterocycles. The highest BCUT2D eigenvalue weighted by Crippen LogP contribution is 2.40. The third-order valence-corrected chi connectivity index (χ3v) is 7.00. The second kappa shape index (κ2) is 11.6. The number of aromatic nitrogens is 1. The molecule has 2 N–H and O–H groups in total. The monoisotopic (exact) mass is 477 g/mol. The highest BCUT2D eigenvalue weighted by Gasteiger charge is 2.19. The van der Waals surface area contributed by atoms with Crippen molar-refractivity contribution in [3.05, 3.63) is 70.2 Å². The van der Waals surface area contributed by atoms with Crippen molar-refractivity contribution in [2.24, 2.45) is 0 Å². The van der Waals surface area contributed by atoms with Gasteiger partial charge in [0.05, 0.1) is 17.8 Å². The molecule has 0 saturated carbocycles. The lowest BCUT2D eigenvalue weighted by atomic mass is 9.95. The second-order valence-corrected chi connectivity index (χ2v) is 9.07. The molecule has 1 aliphatic carbocycles. The highest BCUT2D eigenvalue weighted by atomic mass is 35.5. The molecule has 1 atom stereocenters. The van der Waals surface area contributed by atoms with E-state index in [1.54, 1.807) is 7.11 Å². The lowest BCUT2D eigenvalue weighted by molar-refractivity contribution is -0.108. The van der Waals surface area contributed by atoms with Gasteiger partial charge in [-0.25, -0.2) is 4.98 Å². The lowest BCUT2D eigenvalue weighted by Crippen LogP contribution is -2.36. The molecule has 0 spiro atoms. The first-order valence-electron chi connectivity index (χ1n) is 11.9. The number of nitrogens with one attached hydrogen (secondary N) is 2. The third-order valence-electron chi connectivity index (χ3n) is 6.59. The average molecular weight is 478 g/mol. The molecule has 5 nitrogen and oxygen atoms in total. The van der Waals surface area contributed by atoms with E-state index in [0.29, 0.717) is 18.8 Å². The number of hydrogen-bond donors (Lipinski definition) is 2. The first kappa shape index (κ1) is 24.4. The van der Waals surface area contributed by atoms with E-state index in [-0.39, 0.29) is 6.04 Å². The van der Waals surface area contributed by atoms with E-state index in [0.717, 1.165) is 59.5 Å². The van der Waals surface area contributed by atoms with Crippen LogP contribution in [0.1, 0.15) is 36.0 Å². The summed E-state index contributed by atoms with van der Waals surface area (Å²) in [4.78, 5) is 15.4. The third kappa shape index (κ3) is 5.33. The molecule has 0 radical (unpaired) electrons. The number of aldehydes is 1. The Hall–Kier alpha value is -2.73. The maximum atomic E-state index is 10.6. The van der Waals surface area contributed by atoms with Gasteiger partial charge in [-0.15, -0.1) is 0 Å². The van der Waals surface area contributed by atoms with Gasteiger partial charge < -0.3 is 20.2 Å². The minimum absolute atomic E-state index is 0.240. The van der Waals surface area contributed by atoms with Crippen LogP contribution in [0.5, 0.6) is 5.88 Å². The van der Waals surface area contributed by atoms with E-state index in [9.17, 15) is 4.79 Å². The molecular formula is C28H32ClN3O2. The predicted octanol–water partition coefficient (Wildman–Crippen LogP) is 5.22. The van der Waals surface area contributed by atoms with Crippen LogP contribution in [0.15, 0.2) is 48.5 Å². The molecule has 1 unspecified atom stereocenters. The number of benzene rings is 2. The largest absolute Gasteiger partial charge is 0.481 e. The number of likely N-dealkylation sites (N-methyl/N-ethyl adjacent to an activating group) is 1. The molecule has 6 heteroatoms. The van der Waals surface area contributed by atoms with Gasteiger partial charge in [0.2, 0.25) is 5.88 Å². The Morgan fingerprint density at radius 2 is 1.88 bits per heavy atom. The molecule has 0 aliphatic heterocycles. The Bertz CT molecular complexity index is 1150. The molecule has 3 aromatic rings. The van der Waals surface area contributed by atoms with Gasteiger partial charge in [-0.05, 0) is 55.5 Å². The summed E-state index contributed by atoms with van der Waals surface area (Å²) in [5, 5.41) is 7.39. The molecule has 1 aromatic heterocycles. The van der Waals surface area contributed by atoms with Gasteiger partial charge in [0.15, 0.2) is 0 Å². The number of halogens is 1. The van der Waals surface area contributed by atoms with Gasteiger partial charge in [0.25, 0.3) is 0 Å². The molecular weight excluding hydrogens is 446 g/mol. The fourth-order valence-corrected chi connectivity index (χ4v) is 5.06. The van der Waals surface area contributed by atoms with Gasteiger partial charge in [-0.2, -0.15) is 0 Å². The molecule has 0 bridgehead atoms. The van der Waals surface area contributed by atoms with Crippen LogP contribution in [0.25, 0.3) is 22.4 Å². The first-order valence-corrected chi connectivity index (χ1v) is 12.3. The van der Waals surface area contributed by atoms with Crippen LogP contribution in [0.4, 0.5) is 0 Å². The number of nitrogens with zero attached hydrogens (tertiary/aromatic N) is 1. The predicted molar refractivity (Wildman–Crippen MR) is 139 cm³/mol. The zero-order chi connectivity index (χ0) is 23.9. The fourth-order valence-electron chi connectivity index (χ4n) is 4.74. The summed E-state index contributed by atoms with van der Waals surface area (Å²) >= 11 is 6.97. The van der Waals surface area contributed by atoms with E-state index in [4.69, 9.17) is 21.3 Å². The minimum Gasteiger partial charge on any atom is -0.481 e. The summed E-state index contributed by atoms with van der Waals surface area (Å²) in [6, 6.07) is 17.0. The summed E-state index contributed by atoms with van der Waals surface area (Å²) in [6.45, 7) is 1.38. The van der Waals surface area contributed by atoms with E-state index in [1.807, 2.05) is 31.3 Å². The highest BCUT2D eigenvalue weighted by molar-refractivity contribution is 6.36. The maximum Gasteiger partial charge on any atom is 0.218 e. The standard InChI is InChI=1S/C28H32ClN3O2/c1-30-21(9-6-16-33)18-31-17-20-14-15-26(32-28(20)34-2)25-13-5-12-24(27(25)29)23-11-4-8-19-7-3-10-22(19)23/h4-5,8,11-16,21,30-31H,3,6-7,9-10,17-18H2,1-2H3. The summed E-state index contributed by atoms with van der Waals surface area (Å²) < 4.78 is 5.62. The number of fused-ring (bicyclic) bond motifs is 1. The van der Waals surface area contributed by atoms with E-state index >= 15 is 0 Å². The van der Waals surface area contributed by atoms with Gasteiger partial charge in [0.1, 0.15) is 6.29 Å². The Morgan fingerprint density at radius 1 is 1.09 bits per heavy atom. The van der Waals surface area contributed by atoms with Crippen molar-refractivity contribution in [1.29, 1.82) is 0 Å². The van der Waals surface area contributed by atoms with Crippen LogP contribution in [0, 0.1) is 0 Å². The van der Waals surface area contributed by atoms with Crippen LogP contribution >= 0.6 is 11.6 Å². The molecule has 4 rings (SSSR count). The van der Waals surface area contributed by atoms with E-state index in [1.165, 1.54) is 23.1 Å². The van der Waals surface area contributed by atoms with Crippen LogP contribution < -0.4 is 15.4 Å². The fraction of sp³-hybridized carbons (Fsp3) is 0.357. The zero-order valence-corrected chi connectivity index (χ0v) is 20.6. The van der Waals surface area contributed by atoms with E-state index in [2.05, 4.69) is 34.9 Å². The van der Waals surface area contributed by atoms with Gasteiger partial charge in [-0.1, -0.05) is 54.1 Å². The number of hydrogen-bond acceptors (Lipinski definition) is 5. The van der Waals surface area contributed by atoms with Crippen molar-refractivity contribution >= 4 is 17.9 Å². The van der Waals surface area contributed by atoms with Crippen LogP contribution in [0.2, 0.25) is 5.02 Å². The molecule has 178 valence electrons. The summed E-state index contributed by atoms with van der Waals surface area (Å²) in [5.41, 5.74) is 7.80. The van der Waals surface area contributed by atoms with Crippen LogP contribution in [0.3, 0.4) is 0 Å². The Labute approximate surface area is 206 Å². The van der Waals surface area contributed by atoms with Gasteiger partial charge in [0, 0.05) is 42.2 Å². The summed E-state index contributed by atoms with van der Waals surface area (Å²) in [7, 11) is 3.55. The summed E-state index contributed by atoms with van der Waals surface area (Å²) in [6.07, 6.45) is 5.76. The number of ether oxygens (including phenoxy) is 1. The van der Waals surface area contributed by atoms with Crippen molar-refractivity contribution in [2.45, 2.75) is 44.7 Å². The van der Waals surface area contributed by atoms with E-state index < -0.39 is 0 Å². The van der Waals surface area contributed by atoms with Crippen molar-refractivity contribution in [2.75, 3.05) is 20.7 Å². The SMILES string of the molecule is CNC(CCC=O)CNCc1ccc(-c2cccc(-c3cccc4c3CCC4)c2Cl)nc1OC. The van der Waals surface area contributed by atoms with Crippen molar-refractivity contribution < 1.29 is 9.53 Å². The second-order valence-electron chi connectivity index (χ2n) is 8.69. The van der Waals surface area contributed by atoms with Crippen molar-refractivity contribution in [3.63, 3.8) is 0 Å². The summed E-state index contributed by atoms with van der Waals surface area (Å²) in [5.74, 6) is 0.584. The maximum absolute atomic E-state index is 10.6. The first-order chi connectivity index (χ1) is 16.7. The van der Waals surface area contributed by atoms with Crippen molar-refractivity contribution in [3.8, 4) is 28.3 Å². The smallest absolute Gasteiger partial charge is 0.218 e. The number of rotatable bonds is 11. The molecule has 1 heterocycles. The topological polar surface area (TPSA) is 63.2 Å². The number of carbonyl (C=O) groups excluding carboxylic acids is 1. The Morgan fingerprint density at radius 3 is 2.68 bits per heavy atom. The zero-order valence-electron chi connectivity index (χ0n) is 19.9. The quantitative estimate of drug-likeness (QED) is 0.370. The number of pyridine rings is 1.